The van der Waals surface area contributed by atoms with Crippen molar-refractivity contribution >= 4 is 35.0 Å². The van der Waals surface area contributed by atoms with Gasteiger partial charge < -0.3 is 18.9 Å². The molecular weight excluding hydrogens is 496 g/mol. The normalized spacial score (nSPS) is 17.5. The van der Waals surface area contributed by atoms with E-state index < -0.39 is 5.91 Å². The number of benzene rings is 1. The molecule has 0 aliphatic carbocycles. The van der Waals surface area contributed by atoms with Gasteiger partial charge in [0.1, 0.15) is 18.2 Å². The van der Waals surface area contributed by atoms with Crippen molar-refractivity contribution in [2.24, 2.45) is 0 Å². The molecule has 2 amide bonds. The highest BCUT2D eigenvalue weighted by Gasteiger charge is 2.26. The van der Waals surface area contributed by atoms with Gasteiger partial charge in [-0.25, -0.2) is 9.97 Å². The second-order valence-corrected chi connectivity index (χ2v) is 10.0. The van der Waals surface area contributed by atoms with E-state index in [0.29, 0.717) is 39.8 Å². The van der Waals surface area contributed by atoms with Gasteiger partial charge in [0.2, 0.25) is 11.8 Å². The highest BCUT2D eigenvalue weighted by Crippen LogP contribution is 2.31. The Kier molecular flexibility index (Phi) is 7.08. The van der Waals surface area contributed by atoms with Gasteiger partial charge in [-0.2, -0.15) is 4.98 Å². The van der Waals surface area contributed by atoms with E-state index in [4.69, 9.17) is 14.0 Å². The molecule has 37 heavy (non-hydrogen) atoms. The standard InChI is InChI=1S/C25H26N6O5S/c1-14(2)20-28-24(36-30-20)31-9-7-17(8-10-31)34-22-15(3)23(27-13-26-22)35-18-6-4-5-16(11-18)12-19-21(32)29-25(33)37-19/h4-6,11-14,17H,7-10H2,1-3H3,(H,29,32,33)/b19-12-. The average Bonchev–Trinajstić information content (AvgIpc) is 3.49. The third kappa shape index (κ3) is 5.74. The molecule has 4 heterocycles. The first kappa shape index (κ1) is 24.8. The van der Waals surface area contributed by atoms with Crippen LogP contribution in [0.15, 0.2) is 40.0 Å². The summed E-state index contributed by atoms with van der Waals surface area (Å²) in [4.78, 5) is 38.7. The summed E-state index contributed by atoms with van der Waals surface area (Å²) in [5, 5.41) is 5.91. The predicted molar refractivity (Wildman–Crippen MR) is 137 cm³/mol. The number of rotatable bonds is 7. The van der Waals surface area contributed by atoms with Crippen molar-refractivity contribution in [3.63, 3.8) is 0 Å². The summed E-state index contributed by atoms with van der Waals surface area (Å²) < 4.78 is 17.6. The van der Waals surface area contributed by atoms with Crippen LogP contribution in [0.5, 0.6) is 17.5 Å². The Labute approximate surface area is 217 Å². The molecule has 11 nitrogen and oxygen atoms in total. The number of aromatic nitrogens is 4. The van der Waals surface area contributed by atoms with E-state index >= 15 is 0 Å². The molecule has 2 fully saturated rings. The molecule has 0 bridgehead atoms. The molecule has 12 heteroatoms. The third-order valence-corrected chi connectivity index (χ3v) is 6.75. The third-order valence-electron chi connectivity index (χ3n) is 5.94. The minimum absolute atomic E-state index is 0.0158. The number of ether oxygens (including phenoxy) is 2. The van der Waals surface area contributed by atoms with E-state index in [-0.39, 0.29) is 17.3 Å². The van der Waals surface area contributed by atoms with Crippen LogP contribution in [0, 0.1) is 6.92 Å². The van der Waals surface area contributed by atoms with E-state index in [1.165, 1.54) is 6.33 Å². The maximum absolute atomic E-state index is 11.8. The minimum atomic E-state index is -0.405. The lowest BCUT2D eigenvalue weighted by Gasteiger charge is -2.30. The Morgan fingerprint density at radius 2 is 1.97 bits per heavy atom. The number of piperidine rings is 1. The molecular formula is C25H26N6O5S. The molecule has 0 saturated carbocycles. The number of anilines is 1. The Balaban J connectivity index is 1.22. The van der Waals surface area contributed by atoms with Crippen molar-refractivity contribution < 1.29 is 23.6 Å². The molecule has 1 N–H and O–H groups in total. The van der Waals surface area contributed by atoms with E-state index in [1.807, 2.05) is 26.8 Å². The second-order valence-electron chi connectivity index (χ2n) is 9.03. The maximum atomic E-state index is 11.8. The van der Waals surface area contributed by atoms with Crippen LogP contribution >= 0.6 is 11.8 Å². The Bertz CT molecular complexity index is 1350. The van der Waals surface area contributed by atoms with Crippen molar-refractivity contribution in [2.75, 3.05) is 18.0 Å². The monoisotopic (exact) mass is 522 g/mol. The van der Waals surface area contributed by atoms with Crippen molar-refractivity contribution in [2.45, 2.75) is 45.6 Å². The fourth-order valence-corrected chi connectivity index (χ4v) is 4.59. The van der Waals surface area contributed by atoms with Crippen LogP contribution in [0.25, 0.3) is 6.08 Å². The summed E-state index contributed by atoms with van der Waals surface area (Å²) in [6.07, 6.45) is 4.60. The zero-order valence-corrected chi connectivity index (χ0v) is 21.4. The highest BCUT2D eigenvalue weighted by atomic mass is 32.2. The Hall–Kier alpha value is -3.93. The van der Waals surface area contributed by atoms with E-state index in [0.717, 1.165) is 43.3 Å². The topological polar surface area (TPSA) is 133 Å². The van der Waals surface area contributed by atoms with Gasteiger partial charge in [0.15, 0.2) is 5.82 Å². The molecule has 2 aromatic heterocycles. The van der Waals surface area contributed by atoms with E-state index in [9.17, 15) is 9.59 Å². The molecule has 2 aliphatic rings. The summed E-state index contributed by atoms with van der Waals surface area (Å²) in [7, 11) is 0. The van der Waals surface area contributed by atoms with Crippen LogP contribution in [-0.4, -0.2) is 50.4 Å². The summed E-state index contributed by atoms with van der Waals surface area (Å²) >= 11 is 0.869. The fraction of sp³-hybridized carbons (Fsp3) is 0.360. The minimum Gasteiger partial charge on any atom is -0.474 e. The van der Waals surface area contributed by atoms with Gasteiger partial charge in [0.05, 0.1) is 10.5 Å². The summed E-state index contributed by atoms with van der Waals surface area (Å²) in [5.74, 6) is 1.90. The molecule has 192 valence electrons. The Morgan fingerprint density at radius 1 is 1.19 bits per heavy atom. The van der Waals surface area contributed by atoms with E-state index in [1.54, 1.807) is 24.3 Å². The smallest absolute Gasteiger partial charge is 0.324 e. The molecule has 0 radical (unpaired) electrons. The lowest BCUT2D eigenvalue weighted by molar-refractivity contribution is -0.115. The highest BCUT2D eigenvalue weighted by molar-refractivity contribution is 8.18. The maximum Gasteiger partial charge on any atom is 0.324 e. The zero-order valence-electron chi connectivity index (χ0n) is 20.6. The van der Waals surface area contributed by atoms with Crippen LogP contribution < -0.4 is 19.7 Å². The molecule has 5 rings (SSSR count). The van der Waals surface area contributed by atoms with Gasteiger partial charge in [-0.1, -0.05) is 31.1 Å². The number of carbonyl (C=O) groups is 2. The largest absolute Gasteiger partial charge is 0.474 e. The summed E-state index contributed by atoms with van der Waals surface area (Å²) in [6.45, 7) is 7.39. The number of nitrogens with zero attached hydrogens (tertiary/aromatic N) is 5. The van der Waals surface area contributed by atoms with Gasteiger partial charge >= 0.3 is 6.01 Å². The number of amides is 2. The quantitative estimate of drug-likeness (QED) is 0.441. The van der Waals surface area contributed by atoms with Crippen molar-refractivity contribution in [1.29, 1.82) is 0 Å². The molecule has 0 spiro atoms. The van der Waals surface area contributed by atoms with E-state index in [2.05, 4.69) is 30.3 Å². The fourth-order valence-electron chi connectivity index (χ4n) is 3.90. The number of hydrogen-bond acceptors (Lipinski definition) is 11. The molecule has 0 unspecified atom stereocenters. The Morgan fingerprint density at radius 3 is 2.68 bits per heavy atom. The van der Waals surface area contributed by atoms with Crippen LogP contribution in [-0.2, 0) is 4.79 Å². The van der Waals surface area contributed by atoms with Crippen LogP contribution in [0.2, 0.25) is 0 Å². The molecule has 0 atom stereocenters. The van der Waals surface area contributed by atoms with Crippen molar-refractivity contribution in [3.05, 3.63) is 52.4 Å². The second kappa shape index (κ2) is 10.6. The molecule has 1 aromatic carbocycles. The van der Waals surface area contributed by atoms with Gasteiger partial charge in [-0.15, -0.1) is 0 Å². The molecule has 3 aromatic rings. The van der Waals surface area contributed by atoms with Gasteiger partial charge in [-0.05, 0) is 42.5 Å². The molecule has 2 aliphatic heterocycles. The predicted octanol–water partition coefficient (Wildman–Crippen LogP) is 4.46. The van der Waals surface area contributed by atoms with Gasteiger partial charge in [-0.3, -0.25) is 14.9 Å². The number of hydrogen-bond donors (Lipinski definition) is 1. The van der Waals surface area contributed by atoms with Gasteiger partial charge in [0, 0.05) is 31.8 Å². The number of carbonyl (C=O) groups excluding carboxylic acids is 2. The number of thioether (sulfide) groups is 1. The first-order chi connectivity index (χ1) is 17.9. The zero-order chi connectivity index (χ0) is 25.9. The van der Waals surface area contributed by atoms with Crippen LogP contribution in [0.4, 0.5) is 10.8 Å². The summed E-state index contributed by atoms with van der Waals surface area (Å²) in [5.41, 5.74) is 1.41. The van der Waals surface area contributed by atoms with Crippen molar-refractivity contribution in [3.8, 4) is 17.5 Å². The van der Waals surface area contributed by atoms with Gasteiger partial charge in [0.25, 0.3) is 11.1 Å². The first-order valence-electron chi connectivity index (χ1n) is 12.0. The number of imide groups is 1. The number of nitrogens with one attached hydrogen (secondary N) is 1. The lowest BCUT2D eigenvalue weighted by Crippen LogP contribution is -2.38. The summed E-state index contributed by atoms with van der Waals surface area (Å²) in [6, 6.07) is 7.73. The van der Waals surface area contributed by atoms with Crippen molar-refractivity contribution in [1.82, 2.24) is 25.4 Å². The first-order valence-corrected chi connectivity index (χ1v) is 12.8. The van der Waals surface area contributed by atoms with Crippen LogP contribution in [0.1, 0.15) is 49.6 Å². The van der Waals surface area contributed by atoms with Crippen LogP contribution in [0.3, 0.4) is 0 Å². The average molecular weight is 523 g/mol. The molecule has 2 saturated heterocycles. The lowest BCUT2D eigenvalue weighted by atomic mass is 10.1. The SMILES string of the molecule is Cc1c(Oc2cccc(/C=C3\SC(=O)NC3=O)c2)ncnc1OC1CCN(c2nc(C(C)C)no2)CC1.